The third kappa shape index (κ3) is 11.8. The summed E-state index contributed by atoms with van der Waals surface area (Å²) in [6.07, 6.45) is 0. The summed E-state index contributed by atoms with van der Waals surface area (Å²) in [5, 5.41) is 8.72. The zero-order valence-electron chi connectivity index (χ0n) is 67.8. The quantitative estimate of drug-likeness (QED) is 0.140. The second-order valence-corrected chi connectivity index (χ2v) is 34.5. The molecule has 2 heterocycles. The summed E-state index contributed by atoms with van der Waals surface area (Å²) in [6, 6.07) is 160. The average molecular weight is 1630 g/mol. The Morgan fingerprint density at radius 2 is 0.549 bits per heavy atom. The van der Waals surface area contributed by atoms with Crippen LogP contribution in [0.1, 0.15) is 102 Å². The van der Waals surface area contributed by atoms with Gasteiger partial charge in [0.25, 0.3) is 0 Å². The van der Waals surface area contributed by atoms with Gasteiger partial charge in [-0.3, -0.25) is 0 Å². The van der Waals surface area contributed by atoms with Gasteiger partial charge in [-0.25, -0.2) is 0 Å². The SMILES string of the molecule is Brc1cccc(C2(c3ccccc3)c3ccccc3-c3ccccc32)c1.C.CC1(C)c2ccccc2-c2ccc(N(c3cccc(C4(c5ccccc5)c5ccccc5-c5ccccc54)c3)c3ccc4c5ccccc5n(-c5ccccc5)c4c3)cc21.CC1(C)c2ccccc2-c2ccc(Nc3ccc4c5ccccc5n(-c5ccccc5)c4c3)cc21. The molecule has 0 spiro atoms. The van der Waals surface area contributed by atoms with Crippen molar-refractivity contribution in [2.75, 3.05) is 10.2 Å². The summed E-state index contributed by atoms with van der Waals surface area (Å²) in [4.78, 5) is 2.49. The van der Waals surface area contributed by atoms with Crippen LogP contribution in [0.25, 0.3) is 99.5 Å². The highest BCUT2D eigenvalue weighted by Gasteiger charge is 2.48. The maximum absolute atomic E-state index is 3.70. The van der Waals surface area contributed by atoms with Crippen LogP contribution in [0.4, 0.5) is 28.4 Å². The molecule has 0 fully saturated rings. The third-order valence-electron chi connectivity index (χ3n) is 26.4. The van der Waals surface area contributed by atoms with Gasteiger partial charge in [-0.15, -0.1) is 0 Å². The molecule has 1 N–H and O–H groups in total. The summed E-state index contributed by atoms with van der Waals surface area (Å²) in [7, 11) is 0. The predicted molar refractivity (Wildman–Crippen MR) is 517 cm³/mol. The van der Waals surface area contributed by atoms with E-state index in [1.54, 1.807) is 0 Å². The van der Waals surface area contributed by atoms with Crippen molar-refractivity contribution in [2.24, 2.45) is 0 Å². The molecular formula is C117H89BrN4. The molecule has 0 aliphatic heterocycles. The number of nitrogens with zero attached hydrogens (tertiary/aromatic N) is 3. The second kappa shape index (κ2) is 29.9. The van der Waals surface area contributed by atoms with Crippen molar-refractivity contribution < 1.29 is 0 Å². The maximum Gasteiger partial charge on any atom is 0.0714 e. The molecule has 24 rings (SSSR count). The topological polar surface area (TPSA) is 25.1 Å². The van der Waals surface area contributed by atoms with Crippen LogP contribution in [0, 0.1) is 0 Å². The van der Waals surface area contributed by atoms with Crippen molar-refractivity contribution in [3.8, 4) is 55.9 Å². The Kier molecular flexibility index (Phi) is 18.4. The molecule has 4 nitrogen and oxygen atoms in total. The van der Waals surface area contributed by atoms with E-state index in [-0.39, 0.29) is 23.7 Å². The van der Waals surface area contributed by atoms with Crippen LogP contribution in [0.3, 0.4) is 0 Å². The fraction of sp³-hybridized carbons (Fsp3) is 0.0769. The lowest BCUT2D eigenvalue weighted by Gasteiger charge is -2.35. The highest BCUT2D eigenvalue weighted by Crippen LogP contribution is 2.60. The van der Waals surface area contributed by atoms with Gasteiger partial charge in [0.15, 0.2) is 0 Å². The number of nitrogens with one attached hydrogen (secondary N) is 1. The van der Waals surface area contributed by atoms with Crippen LogP contribution in [0.5, 0.6) is 0 Å². The number of halogens is 1. The molecule has 0 saturated carbocycles. The Bertz CT molecular complexity index is 7360. The standard InChI is InChI=1S/C58H42N2.C33H26N2.C25H17Br.CH4/c1-57(2)51-28-13-9-24-45(51)48-34-32-43(37-54(48)57)59(44-33-35-50-49-27-12-16-31-55(49)60(56(50)38-44)41-21-7-4-8-22-41)42-23-17-20-40(36-42)58(39-18-5-3-6-19-39)52-29-14-10-25-46(52)47-26-11-15-30-53(47)58;1-33(2)29-14-8-6-12-25(29)26-18-16-22(20-30(26)33)34-23-17-19-28-27-13-7-9-15-31(27)35(32(28)21-23)24-10-4-3-5-11-24;26-20-12-8-11-19(17-20)25(18-9-2-1-3-10-18)23-15-6-4-13-21(23)22-14-5-7-16-24(22)25;/h3-38H,1-2H3;3-21,34H,1-2H3;1-17H;1H4. The van der Waals surface area contributed by atoms with E-state index in [9.17, 15) is 0 Å². The lowest BCUT2D eigenvalue weighted by Crippen LogP contribution is -2.28. The first-order valence-corrected chi connectivity index (χ1v) is 42.9. The molecular weight excluding hydrogens is 1540 g/mol. The molecule has 0 atom stereocenters. The number of hydrogen-bond acceptors (Lipinski definition) is 2. The summed E-state index contributed by atoms with van der Waals surface area (Å²) in [5.41, 5.74) is 38.2. The Balaban J connectivity index is 0.000000125. The number of para-hydroxylation sites is 4. The van der Waals surface area contributed by atoms with E-state index < -0.39 is 5.41 Å². The normalized spacial score (nSPS) is 13.8. The minimum absolute atomic E-state index is 0. The average Bonchev–Trinajstić information content (AvgIpc) is 1.54. The van der Waals surface area contributed by atoms with Crippen LogP contribution >= 0.6 is 15.9 Å². The van der Waals surface area contributed by atoms with Crippen LogP contribution in [-0.4, -0.2) is 9.13 Å². The molecule has 2 aromatic heterocycles. The first kappa shape index (κ1) is 75.1. The van der Waals surface area contributed by atoms with Gasteiger partial charge in [0, 0.05) is 76.7 Å². The maximum atomic E-state index is 3.70. The summed E-state index contributed by atoms with van der Waals surface area (Å²) in [5.74, 6) is 0. The van der Waals surface area contributed by atoms with Gasteiger partial charge < -0.3 is 19.4 Å². The molecule has 4 aliphatic rings. The predicted octanol–water partition coefficient (Wildman–Crippen LogP) is 31.2. The molecule has 0 saturated heterocycles. The van der Waals surface area contributed by atoms with E-state index in [4.69, 9.17) is 0 Å². The molecule has 18 aromatic carbocycles. The van der Waals surface area contributed by atoms with Crippen LogP contribution in [0.2, 0.25) is 0 Å². The highest BCUT2D eigenvalue weighted by molar-refractivity contribution is 9.10. The van der Waals surface area contributed by atoms with Crippen molar-refractivity contribution in [3.05, 3.63) is 508 Å². The Labute approximate surface area is 722 Å². The lowest BCUT2D eigenvalue weighted by molar-refractivity contribution is 0.660. The van der Waals surface area contributed by atoms with E-state index in [2.05, 4.69) is 500 Å². The van der Waals surface area contributed by atoms with Crippen LogP contribution < -0.4 is 10.2 Å². The fourth-order valence-electron chi connectivity index (χ4n) is 21.1. The molecule has 20 aromatic rings. The van der Waals surface area contributed by atoms with Gasteiger partial charge >= 0.3 is 0 Å². The van der Waals surface area contributed by atoms with Crippen molar-refractivity contribution in [2.45, 2.75) is 56.8 Å². The minimum Gasteiger partial charge on any atom is -0.355 e. The lowest BCUT2D eigenvalue weighted by atomic mass is 9.67. The summed E-state index contributed by atoms with van der Waals surface area (Å²) in [6.45, 7) is 9.39. The molecule has 122 heavy (non-hydrogen) atoms. The largest absolute Gasteiger partial charge is 0.355 e. The van der Waals surface area contributed by atoms with Crippen molar-refractivity contribution in [1.82, 2.24) is 9.13 Å². The number of rotatable bonds is 11. The number of aromatic nitrogens is 2. The molecule has 5 heteroatoms. The molecule has 4 aliphatic carbocycles. The highest BCUT2D eigenvalue weighted by atomic mass is 79.9. The van der Waals surface area contributed by atoms with Crippen molar-refractivity contribution >= 4 is 88.0 Å². The van der Waals surface area contributed by atoms with Crippen molar-refractivity contribution in [1.29, 1.82) is 0 Å². The Morgan fingerprint density at radius 3 is 1.03 bits per heavy atom. The summed E-state index contributed by atoms with van der Waals surface area (Å²) < 4.78 is 5.88. The van der Waals surface area contributed by atoms with Gasteiger partial charge in [-0.1, -0.05) is 379 Å². The van der Waals surface area contributed by atoms with E-state index in [0.717, 1.165) is 38.6 Å². The molecule has 584 valence electrons. The Morgan fingerprint density at radius 1 is 0.230 bits per heavy atom. The molecule has 0 amide bonds. The molecule has 0 bridgehead atoms. The fourth-order valence-corrected chi connectivity index (χ4v) is 21.5. The van der Waals surface area contributed by atoms with Crippen LogP contribution in [-0.2, 0) is 21.7 Å². The monoisotopic (exact) mass is 1630 g/mol. The van der Waals surface area contributed by atoms with Crippen LogP contribution in [0.15, 0.2) is 441 Å². The third-order valence-corrected chi connectivity index (χ3v) is 26.9. The number of benzene rings is 18. The van der Waals surface area contributed by atoms with Gasteiger partial charge in [-0.2, -0.15) is 0 Å². The van der Waals surface area contributed by atoms with E-state index in [1.165, 1.54) is 161 Å². The van der Waals surface area contributed by atoms with E-state index in [0.29, 0.717) is 0 Å². The van der Waals surface area contributed by atoms with E-state index >= 15 is 0 Å². The zero-order valence-corrected chi connectivity index (χ0v) is 69.4. The van der Waals surface area contributed by atoms with Gasteiger partial charge in [0.1, 0.15) is 0 Å². The number of anilines is 5. The molecule has 0 radical (unpaired) electrons. The number of fused-ring (bicyclic) bond motifs is 18. The molecule has 0 unspecified atom stereocenters. The zero-order chi connectivity index (χ0) is 81.1. The second-order valence-electron chi connectivity index (χ2n) is 33.6. The minimum atomic E-state index is -0.513. The number of hydrogen-bond donors (Lipinski definition) is 1. The Hall–Kier alpha value is -14.4. The smallest absolute Gasteiger partial charge is 0.0714 e. The van der Waals surface area contributed by atoms with Crippen molar-refractivity contribution in [3.63, 3.8) is 0 Å². The van der Waals surface area contributed by atoms with Gasteiger partial charge in [-0.05, 0) is 220 Å². The summed E-state index contributed by atoms with van der Waals surface area (Å²) >= 11 is 3.69. The first-order valence-electron chi connectivity index (χ1n) is 42.1. The first-order chi connectivity index (χ1) is 59.5. The van der Waals surface area contributed by atoms with Gasteiger partial charge in [0.2, 0.25) is 0 Å². The van der Waals surface area contributed by atoms with E-state index in [1.807, 2.05) is 0 Å². The van der Waals surface area contributed by atoms with Gasteiger partial charge in [0.05, 0.1) is 32.9 Å².